The summed E-state index contributed by atoms with van der Waals surface area (Å²) in [4.78, 5) is 14.3. The lowest BCUT2D eigenvalue weighted by Gasteiger charge is -2.45. The SMILES string of the molecule is C=C/C(=N\N(C)c1ccc(N2CCC(N(C3CC3)C3COC3)CC2)nc1)c1cccnc1C. The highest BCUT2D eigenvalue weighted by molar-refractivity contribution is 6.09. The van der Waals surface area contributed by atoms with Crippen molar-refractivity contribution in [2.24, 2.45) is 5.10 Å². The average molecular weight is 447 g/mol. The molecule has 1 aliphatic carbocycles. The second kappa shape index (κ2) is 9.61. The number of hydrogen-bond acceptors (Lipinski definition) is 7. The van der Waals surface area contributed by atoms with Crippen molar-refractivity contribution in [3.8, 4) is 0 Å². The third kappa shape index (κ3) is 4.80. The smallest absolute Gasteiger partial charge is 0.128 e. The molecular weight excluding hydrogens is 412 g/mol. The minimum atomic E-state index is 0.651. The molecule has 5 rings (SSSR count). The molecule has 0 bridgehead atoms. The average Bonchev–Trinajstić information content (AvgIpc) is 3.65. The maximum atomic E-state index is 5.48. The first-order valence-electron chi connectivity index (χ1n) is 12.1. The van der Waals surface area contributed by atoms with Crippen molar-refractivity contribution in [3.05, 3.63) is 60.6 Å². The van der Waals surface area contributed by atoms with E-state index in [2.05, 4.69) is 33.5 Å². The van der Waals surface area contributed by atoms with Crippen LogP contribution in [0, 0.1) is 6.92 Å². The Kier molecular flexibility index (Phi) is 6.42. The predicted molar refractivity (Wildman–Crippen MR) is 133 cm³/mol. The number of hydrogen-bond donors (Lipinski definition) is 0. The van der Waals surface area contributed by atoms with E-state index in [0.717, 1.165) is 60.8 Å². The summed E-state index contributed by atoms with van der Waals surface area (Å²) >= 11 is 0. The lowest BCUT2D eigenvalue weighted by molar-refractivity contribution is -0.0859. The van der Waals surface area contributed by atoms with Crippen molar-refractivity contribution in [1.82, 2.24) is 14.9 Å². The Hall–Kier alpha value is -2.77. The minimum Gasteiger partial charge on any atom is -0.378 e. The third-order valence-corrected chi connectivity index (χ3v) is 7.06. The van der Waals surface area contributed by atoms with Gasteiger partial charge in [0.05, 0.1) is 36.9 Å². The lowest BCUT2D eigenvalue weighted by atomic mass is 10.00. The van der Waals surface area contributed by atoms with Crippen molar-refractivity contribution >= 4 is 17.2 Å². The van der Waals surface area contributed by atoms with Crippen LogP contribution < -0.4 is 9.91 Å². The van der Waals surface area contributed by atoms with Crippen LogP contribution >= 0.6 is 0 Å². The van der Waals surface area contributed by atoms with Gasteiger partial charge in [0.25, 0.3) is 0 Å². The van der Waals surface area contributed by atoms with Crippen LogP contribution in [-0.4, -0.2) is 72.1 Å². The second-order valence-corrected chi connectivity index (χ2v) is 9.31. The standard InChI is InChI=1S/C26H34N6O/c1-4-25(24-6-5-13-27-19(24)2)29-30(3)22-9-10-26(28-16-22)31-14-11-21(12-15-31)32(20-7-8-20)23-17-33-18-23/h4-6,9-10,13,16,20-21,23H,1,7-8,11-12,14-15,17-18H2,2-3H3/b29-25+. The normalized spacial score (nSPS) is 20.1. The van der Waals surface area contributed by atoms with Gasteiger partial charge in [0, 0.05) is 49.7 Å². The van der Waals surface area contributed by atoms with E-state index < -0.39 is 0 Å². The number of aryl methyl sites for hydroxylation is 1. The zero-order valence-electron chi connectivity index (χ0n) is 19.7. The summed E-state index contributed by atoms with van der Waals surface area (Å²) in [5.74, 6) is 1.05. The van der Waals surface area contributed by atoms with Gasteiger partial charge in [-0.1, -0.05) is 6.58 Å². The fourth-order valence-corrected chi connectivity index (χ4v) is 4.99. The van der Waals surface area contributed by atoms with Gasteiger partial charge < -0.3 is 9.64 Å². The molecular formula is C26H34N6O. The first-order valence-corrected chi connectivity index (χ1v) is 12.1. The van der Waals surface area contributed by atoms with E-state index in [4.69, 9.17) is 14.8 Å². The Morgan fingerprint density at radius 2 is 1.85 bits per heavy atom. The molecule has 0 aromatic carbocycles. The summed E-state index contributed by atoms with van der Waals surface area (Å²) in [5.41, 5.74) is 3.66. The van der Waals surface area contributed by atoms with E-state index in [-0.39, 0.29) is 0 Å². The monoisotopic (exact) mass is 446 g/mol. The van der Waals surface area contributed by atoms with Gasteiger partial charge in [-0.15, -0.1) is 0 Å². The minimum absolute atomic E-state index is 0.651. The molecule has 3 fully saturated rings. The van der Waals surface area contributed by atoms with Crippen LogP contribution in [0.25, 0.3) is 0 Å². The Balaban J connectivity index is 1.22. The van der Waals surface area contributed by atoms with Crippen LogP contribution in [0.4, 0.5) is 11.5 Å². The van der Waals surface area contributed by atoms with Crippen LogP contribution in [-0.2, 0) is 4.74 Å². The van der Waals surface area contributed by atoms with Gasteiger partial charge in [0.15, 0.2) is 0 Å². The summed E-state index contributed by atoms with van der Waals surface area (Å²) < 4.78 is 5.48. The number of piperidine rings is 1. The number of pyridine rings is 2. The summed E-state index contributed by atoms with van der Waals surface area (Å²) in [6.07, 6.45) is 10.6. The molecule has 33 heavy (non-hydrogen) atoms. The predicted octanol–water partition coefficient (Wildman–Crippen LogP) is 3.64. The summed E-state index contributed by atoms with van der Waals surface area (Å²) in [7, 11) is 1.94. The topological polar surface area (TPSA) is 57.1 Å². The van der Waals surface area contributed by atoms with Crippen molar-refractivity contribution < 1.29 is 4.74 Å². The number of ether oxygens (including phenoxy) is 1. The van der Waals surface area contributed by atoms with Crippen molar-refractivity contribution in [1.29, 1.82) is 0 Å². The lowest BCUT2D eigenvalue weighted by Crippen LogP contribution is -2.57. The number of hydrazone groups is 1. The van der Waals surface area contributed by atoms with E-state index >= 15 is 0 Å². The van der Waals surface area contributed by atoms with Gasteiger partial charge in [-0.05, 0) is 62.9 Å². The van der Waals surface area contributed by atoms with Crippen molar-refractivity contribution in [3.63, 3.8) is 0 Å². The molecule has 2 aromatic heterocycles. The Morgan fingerprint density at radius 1 is 1.09 bits per heavy atom. The van der Waals surface area contributed by atoms with E-state index in [1.54, 1.807) is 12.3 Å². The molecule has 2 saturated heterocycles. The molecule has 0 unspecified atom stereocenters. The number of allylic oxidation sites excluding steroid dienone is 1. The highest BCUT2D eigenvalue weighted by Crippen LogP contribution is 2.36. The molecule has 0 atom stereocenters. The fourth-order valence-electron chi connectivity index (χ4n) is 4.99. The molecule has 0 amide bonds. The van der Waals surface area contributed by atoms with Gasteiger partial charge in [-0.25, -0.2) is 4.98 Å². The molecule has 0 N–H and O–H groups in total. The zero-order chi connectivity index (χ0) is 22.8. The molecule has 0 radical (unpaired) electrons. The van der Waals surface area contributed by atoms with Crippen LogP contribution in [0.5, 0.6) is 0 Å². The fraction of sp³-hybridized carbons (Fsp3) is 0.500. The first kappa shape index (κ1) is 22.0. The van der Waals surface area contributed by atoms with Crippen LogP contribution in [0.15, 0.2) is 54.4 Å². The van der Waals surface area contributed by atoms with Gasteiger partial charge >= 0.3 is 0 Å². The quantitative estimate of drug-likeness (QED) is 0.456. The van der Waals surface area contributed by atoms with E-state index in [0.29, 0.717) is 12.1 Å². The maximum absolute atomic E-state index is 5.48. The molecule has 7 heteroatoms. The van der Waals surface area contributed by atoms with Gasteiger partial charge in [-0.3, -0.25) is 14.9 Å². The second-order valence-electron chi connectivity index (χ2n) is 9.31. The van der Waals surface area contributed by atoms with Crippen LogP contribution in [0.3, 0.4) is 0 Å². The molecule has 2 aliphatic heterocycles. The van der Waals surface area contributed by atoms with Gasteiger partial charge in [0.2, 0.25) is 0 Å². The third-order valence-electron chi connectivity index (χ3n) is 7.06. The Bertz CT molecular complexity index is 990. The number of nitrogens with zero attached hydrogens (tertiary/aromatic N) is 6. The summed E-state index contributed by atoms with van der Waals surface area (Å²) in [6, 6.07) is 10.3. The molecule has 4 heterocycles. The molecule has 2 aromatic rings. The molecule has 3 aliphatic rings. The maximum Gasteiger partial charge on any atom is 0.128 e. The van der Waals surface area contributed by atoms with E-state index in [1.165, 1.54) is 25.7 Å². The highest BCUT2D eigenvalue weighted by Gasteiger charge is 2.42. The number of aromatic nitrogens is 2. The van der Waals surface area contributed by atoms with Gasteiger partial charge in [0.1, 0.15) is 5.82 Å². The van der Waals surface area contributed by atoms with E-state index in [1.807, 2.05) is 37.3 Å². The molecule has 174 valence electrons. The van der Waals surface area contributed by atoms with Crippen LogP contribution in [0.1, 0.15) is 36.9 Å². The van der Waals surface area contributed by atoms with Crippen LogP contribution in [0.2, 0.25) is 0 Å². The van der Waals surface area contributed by atoms with Crippen molar-refractivity contribution in [2.45, 2.75) is 50.7 Å². The molecule has 0 spiro atoms. The Morgan fingerprint density at radius 3 is 2.42 bits per heavy atom. The van der Waals surface area contributed by atoms with Crippen molar-refractivity contribution in [2.75, 3.05) is 43.3 Å². The molecule has 1 saturated carbocycles. The zero-order valence-corrected chi connectivity index (χ0v) is 19.7. The highest BCUT2D eigenvalue weighted by atomic mass is 16.5. The Labute approximate surface area is 196 Å². The van der Waals surface area contributed by atoms with E-state index in [9.17, 15) is 0 Å². The number of rotatable bonds is 8. The number of anilines is 2. The largest absolute Gasteiger partial charge is 0.378 e. The summed E-state index contributed by atoms with van der Waals surface area (Å²) in [5, 5.41) is 6.59. The summed E-state index contributed by atoms with van der Waals surface area (Å²) in [6.45, 7) is 9.88. The van der Waals surface area contributed by atoms with Gasteiger partial charge in [-0.2, -0.15) is 5.10 Å². The first-order chi connectivity index (χ1) is 16.1. The molecule has 7 nitrogen and oxygen atoms in total.